The summed E-state index contributed by atoms with van der Waals surface area (Å²) in [7, 11) is 5.12. The van der Waals surface area contributed by atoms with Crippen LogP contribution in [-0.2, 0) is 5.75 Å². The molecule has 3 rings (SSSR count). The number of hydrogen-bond donors (Lipinski definition) is 0. The Morgan fingerprint density at radius 2 is 2.00 bits per heavy atom. The van der Waals surface area contributed by atoms with E-state index in [1.165, 1.54) is 21.1 Å². The van der Waals surface area contributed by atoms with E-state index >= 15 is 0 Å². The highest BCUT2D eigenvalue weighted by Crippen LogP contribution is 2.30. The maximum Gasteiger partial charge on any atom is 0.325 e. The maximum absolute atomic E-state index is 11.9. The Hall–Kier alpha value is -2.19. The lowest BCUT2D eigenvalue weighted by molar-refractivity contribution is 0.225. The van der Waals surface area contributed by atoms with E-state index in [0.717, 1.165) is 26.6 Å². The van der Waals surface area contributed by atoms with E-state index in [1.54, 1.807) is 32.9 Å². The van der Waals surface area contributed by atoms with Gasteiger partial charge in [-0.1, -0.05) is 41.3 Å². The summed E-state index contributed by atoms with van der Waals surface area (Å²) in [6.07, 6.45) is 1.89. The number of para-hydroxylation sites is 1. The summed E-state index contributed by atoms with van der Waals surface area (Å²) in [4.78, 5) is 19.4. The molecule has 24 heavy (non-hydrogen) atoms. The molecule has 124 valence electrons. The number of aromatic nitrogens is 3. The number of rotatable bonds is 4. The number of hydrogen-bond acceptors (Lipinski definition) is 6. The monoisotopic (exact) mass is 359 g/mol. The number of carbonyl (C=O) groups is 1. The zero-order chi connectivity index (χ0) is 17.1. The van der Waals surface area contributed by atoms with Gasteiger partial charge in [-0.2, -0.15) is 0 Å². The number of amides is 2. The van der Waals surface area contributed by atoms with Crippen molar-refractivity contribution in [2.75, 3.05) is 26.0 Å². The average molecular weight is 359 g/mol. The zero-order valence-corrected chi connectivity index (χ0v) is 15.3. The summed E-state index contributed by atoms with van der Waals surface area (Å²) < 4.78 is 0.830. The Morgan fingerprint density at radius 1 is 1.21 bits per heavy atom. The molecule has 3 aromatic rings. The Morgan fingerprint density at radius 3 is 2.79 bits per heavy atom. The summed E-state index contributed by atoms with van der Waals surface area (Å²) >= 11 is 3.00. The van der Waals surface area contributed by atoms with Gasteiger partial charge in [-0.3, -0.25) is 9.88 Å². The van der Waals surface area contributed by atoms with E-state index in [1.807, 2.05) is 24.4 Å². The molecule has 8 heteroatoms. The highest BCUT2D eigenvalue weighted by molar-refractivity contribution is 8.00. The third-order valence-corrected chi connectivity index (χ3v) is 5.57. The molecule has 0 aliphatic carbocycles. The minimum Gasteiger partial charge on any atom is -0.330 e. The van der Waals surface area contributed by atoms with Crippen molar-refractivity contribution in [2.24, 2.45) is 0 Å². The molecule has 0 saturated carbocycles. The summed E-state index contributed by atoms with van der Waals surface area (Å²) in [6.45, 7) is 0. The first-order valence-electron chi connectivity index (χ1n) is 7.29. The van der Waals surface area contributed by atoms with Crippen LogP contribution in [0.2, 0.25) is 0 Å². The maximum atomic E-state index is 11.9. The highest BCUT2D eigenvalue weighted by Gasteiger charge is 2.17. The van der Waals surface area contributed by atoms with E-state index in [-0.39, 0.29) is 6.03 Å². The number of pyridine rings is 1. The normalized spacial score (nSPS) is 10.8. The third-order valence-electron chi connectivity index (χ3n) is 3.36. The molecule has 0 atom stereocenters. The van der Waals surface area contributed by atoms with E-state index in [4.69, 9.17) is 0 Å². The Balaban J connectivity index is 1.67. The number of anilines is 1. The van der Waals surface area contributed by atoms with Crippen LogP contribution in [0.15, 0.2) is 40.9 Å². The zero-order valence-electron chi connectivity index (χ0n) is 13.6. The van der Waals surface area contributed by atoms with Crippen LogP contribution in [-0.4, -0.2) is 47.3 Å². The van der Waals surface area contributed by atoms with Crippen LogP contribution in [0.1, 0.15) is 5.56 Å². The van der Waals surface area contributed by atoms with Gasteiger partial charge in [-0.15, -0.1) is 10.2 Å². The molecule has 0 aliphatic rings. The van der Waals surface area contributed by atoms with Crippen molar-refractivity contribution in [1.29, 1.82) is 0 Å². The lowest BCUT2D eigenvalue weighted by Gasteiger charge is -2.18. The van der Waals surface area contributed by atoms with E-state index < -0.39 is 0 Å². The van der Waals surface area contributed by atoms with Crippen molar-refractivity contribution in [2.45, 2.75) is 10.1 Å². The molecule has 0 spiro atoms. The fourth-order valence-electron chi connectivity index (χ4n) is 2.12. The molecule has 0 aliphatic heterocycles. The van der Waals surface area contributed by atoms with Gasteiger partial charge in [0.2, 0.25) is 5.13 Å². The molecular formula is C16H17N5OS2. The van der Waals surface area contributed by atoms with Gasteiger partial charge in [0.15, 0.2) is 4.34 Å². The Kier molecular flexibility index (Phi) is 4.96. The molecule has 0 radical (unpaired) electrons. The van der Waals surface area contributed by atoms with Crippen molar-refractivity contribution < 1.29 is 4.79 Å². The number of urea groups is 1. The molecule has 2 heterocycles. The predicted molar refractivity (Wildman–Crippen MR) is 98.7 cm³/mol. The number of benzene rings is 1. The van der Waals surface area contributed by atoms with Gasteiger partial charge in [-0.05, 0) is 17.7 Å². The highest BCUT2D eigenvalue weighted by atomic mass is 32.2. The summed E-state index contributed by atoms with van der Waals surface area (Å²) in [5.74, 6) is 0.762. The first-order chi connectivity index (χ1) is 11.5. The van der Waals surface area contributed by atoms with Crippen molar-refractivity contribution >= 4 is 45.2 Å². The standard InChI is InChI=1S/C16H17N5OS2/c1-20(2)16(22)21(3)14-18-19-15(24-14)23-10-11-8-12-6-4-5-7-13(12)17-9-11/h4-9H,10H2,1-3H3. The SMILES string of the molecule is CN(C)C(=O)N(C)c1nnc(SCc2cnc3ccccc3c2)s1. The second-order valence-corrected chi connectivity index (χ2v) is 7.59. The largest absolute Gasteiger partial charge is 0.330 e. The van der Waals surface area contributed by atoms with Gasteiger partial charge in [0.05, 0.1) is 5.52 Å². The first-order valence-corrected chi connectivity index (χ1v) is 9.10. The average Bonchev–Trinajstić information content (AvgIpc) is 3.07. The summed E-state index contributed by atoms with van der Waals surface area (Å²) in [6, 6.07) is 10.1. The fraction of sp³-hybridized carbons (Fsp3) is 0.250. The van der Waals surface area contributed by atoms with E-state index in [0.29, 0.717) is 5.13 Å². The number of thioether (sulfide) groups is 1. The van der Waals surface area contributed by atoms with Gasteiger partial charge < -0.3 is 4.90 Å². The van der Waals surface area contributed by atoms with Gasteiger partial charge in [0.25, 0.3) is 0 Å². The summed E-state index contributed by atoms with van der Waals surface area (Å²) in [5, 5.41) is 9.97. The molecule has 0 unspecified atom stereocenters. The molecule has 0 bridgehead atoms. The molecule has 6 nitrogen and oxygen atoms in total. The number of fused-ring (bicyclic) bond motifs is 1. The van der Waals surface area contributed by atoms with Crippen molar-refractivity contribution in [3.8, 4) is 0 Å². The second-order valence-electron chi connectivity index (χ2n) is 5.41. The van der Waals surface area contributed by atoms with Crippen LogP contribution in [0.25, 0.3) is 10.9 Å². The van der Waals surface area contributed by atoms with Crippen LogP contribution in [0.5, 0.6) is 0 Å². The molecule has 0 N–H and O–H groups in total. The molecule has 2 amide bonds. The Bertz CT molecular complexity index is 864. The predicted octanol–water partition coefficient (Wildman–Crippen LogP) is 3.50. The van der Waals surface area contributed by atoms with Gasteiger partial charge in [-0.25, -0.2) is 4.79 Å². The molecular weight excluding hydrogens is 342 g/mol. The summed E-state index contributed by atoms with van der Waals surface area (Å²) in [5.41, 5.74) is 2.13. The Labute approximate surface area is 148 Å². The third kappa shape index (κ3) is 3.65. The van der Waals surface area contributed by atoms with Crippen LogP contribution >= 0.6 is 23.1 Å². The lowest BCUT2D eigenvalue weighted by Crippen LogP contribution is -2.36. The van der Waals surface area contributed by atoms with Crippen molar-refractivity contribution in [1.82, 2.24) is 20.1 Å². The quantitative estimate of drug-likeness (QED) is 0.527. The van der Waals surface area contributed by atoms with Crippen LogP contribution in [0.4, 0.5) is 9.93 Å². The van der Waals surface area contributed by atoms with Crippen LogP contribution in [0, 0.1) is 0 Å². The second kappa shape index (κ2) is 7.14. The molecule has 0 fully saturated rings. The molecule has 1 aromatic carbocycles. The molecule has 0 saturated heterocycles. The lowest BCUT2D eigenvalue weighted by atomic mass is 10.2. The van der Waals surface area contributed by atoms with Crippen molar-refractivity contribution in [3.05, 3.63) is 42.1 Å². The van der Waals surface area contributed by atoms with Crippen LogP contribution in [0.3, 0.4) is 0 Å². The number of carbonyl (C=O) groups excluding carboxylic acids is 1. The van der Waals surface area contributed by atoms with Crippen LogP contribution < -0.4 is 4.90 Å². The van der Waals surface area contributed by atoms with E-state index in [2.05, 4.69) is 27.3 Å². The number of nitrogens with zero attached hydrogens (tertiary/aromatic N) is 5. The topological polar surface area (TPSA) is 62.2 Å². The minimum absolute atomic E-state index is 0.124. The molecule has 2 aromatic heterocycles. The van der Waals surface area contributed by atoms with Crippen molar-refractivity contribution in [3.63, 3.8) is 0 Å². The van der Waals surface area contributed by atoms with Gasteiger partial charge >= 0.3 is 6.03 Å². The fourth-order valence-corrected chi connectivity index (χ4v) is 3.84. The smallest absolute Gasteiger partial charge is 0.325 e. The minimum atomic E-state index is -0.124. The van der Waals surface area contributed by atoms with Gasteiger partial charge in [0.1, 0.15) is 0 Å². The first kappa shape index (κ1) is 16.7. The van der Waals surface area contributed by atoms with Gasteiger partial charge in [0, 0.05) is 38.5 Å². The van der Waals surface area contributed by atoms with E-state index in [9.17, 15) is 4.79 Å².